The maximum atomic E-state index is 11.0. The van der Waals surface area contributed by atoms with E-state index in [-0.39, 0.29) is 11.7 Å². The van der Waals surface area contributed by atoms with Gasteiger partial charge in [-0.15, -0.1) is 0 Å². The minimum Gasteiger partial charge on any atom is -0.490 e. The molecule has 0 bridgehead atoms. The minimum atomic E-state index is -0.964. The highest BCUT2D eigenvalue weighted by Gasteiger charge is 2.20. The van der Waals surface area contributed by atoms with Crippen LogP contribution in [0, 0.1) is 0 Å². The molecule has 2 rings (SSSR count). The molecule has 0 amide bonds. The van der Waals surface area contributed by atoms with Crippen LogP contribution in [0.5, 0.6) is 5.75 Å². The van der Waals surface area contributed by atoms with Gasteiger partial charge in [0.1, 0.15) is 18.5 Å². The number of hydrogen-bond donors (Lipinski definition) is 1. The van der Waals surface area contributed by atoms with Crippen molar-refractivity contribution in [2.45, 2.75) is 13.0 Å². The Hall–Kier alpha value is -1.11. The Morgan fingerprint density at radius 2 is 2.40 bits per heavy atom. The highest BCUT2D eigenvalue weighted by atomic mass is 79.9. The summed E-state index contributed by atoms with van der Waals surface area (Å²) in [5, 5.41) is 8.98. The normalized spacial score (nSPS) is 19.8. The number of carboxylic acids is 1. The second kappa shape index (κ2) is 7.06. The van der Waals surface area contributed by atoms with Crippen LogP contribution in [0.4, 0.5) is 0 Å². The molecule has 1 heterocycles. The van der Waals surface area contributed by atoms with Crippen LogP contribution < -0.4 is 4.74 Å². The predicted octanol–water partition coefficient (Wildman–Crippen LogP) is 2.25. The summed E-state index contributed by atoms with van der Waals surface area (Å²) in [6.07, 6.45) is 0.0177. The molecule has 1 fully saturated rings. The van der Waals surface area contributed by atoms with Crippen molar-refractivity contribution in [3.05, 3.63) is 28.2 Å². The molecular weight excluding hydrogens is 326 g/mol. The molecule has 5 nitrogen and oxygen atoms in total. The van der Waals surface area contributed by atoms with Gasteiger partial charge in [-0.1, -0.05) is 6.92 Å². The van der Waals surface area contributed by atoms with Crippen molar-refractivity contribution < 1.29 is 19.4 Å². The molecule has 0 spiro atoms. The van der Waals surface area contributed by atoms with Crippen LogP contribution in [0.2, 0.25) is 0 Å². The van der Waals surface area contributed by atoms with Gasteiger partial charge in [0.25, 0.3) is 0 Å². The highest BCUT2D eigenvalue weighted by Crippen LogP contribution is 2.26. The van der Waals surface area contributed by atoms with E-state index in [1.165, 1.54) is 12.1 Å². The molecule has 1 aliphatic rings. The molecule has 0 saturated carbocycles. The van der Waals surface area contributed by atoms with Crippen LogP contribution in [-0.4, -0.2) is 54.9 Å². The average molecular weight is 344 g/mol. The number of hydrogen-bond acceptors (Lipinski definition) is 4. The van der Waals surface area contributed by atoms with Crippen LogP contribution in [0.15, 0.2) is 22.7 Å². The molecule has 110 valence electrons. The fourth-order valence-electron chi connectivity index (χ4n) is 2.10. The Morgan fingerprint density at radius 1 is 1.60 bits per heavy atom. The number of carboxylic acid groups (broad SMARTS) is 1. The van der Waals surface area contributed by atoms with Crippen LogP contribution in [0.25, 0.3) is 0 Å². The molecule has 20 heavy (non-hydrogen) atoms. The number of aromatic carboxylic acids is 1. The first-order valence-corrected chi connectivity index (χ1v) is 7.39. The lowest BCUT2D eigenvalue weighted by Crippen LogP contribution is -2.44. The van der Waals surface area contributed by atoms with E-state index in [0.717, 1.165) is 24.1 Å². The van der Waals surface area contributed by atoms with Gasteiger partial charge in [0.15, 0.2) is 0 Å². The van der Waals surface area contributed by atoms with Crippen molar-refractivity contribution in [3.63, 3.8) is 0 Å². The molecule has 1 aromatic carbocycles. The first-order chi connectivity index (χ1) is 9.60. The molecule has 1 N–H and O–H groups in total. The summed E-state index contributed by atoms with van der Waals surface area (Å²) < 4.78 is 12.1. The number of rotatable bonds is 5. The van der Waals surface area contributed by atoms with Crippen LogP contribution in [-0.2, 0) is 4.74 Å². The Balaban J connectivity index is 1.96. The standard InChI is InChI=1S/C14H18BrNO4/c1-2-16-5-6-19-11(8-16)9-20-13-7-10(14(17)18)3-4-12(13)15/h3-4,7,11H,2,5-6,8-9H2,1H3,(H,17,18). The van der Waals surface area contributed by atoms with Gasteiger partial charge in [-0.05, 0) is 40.7 Å². The van der Waals surface area contributed by atoms with Gasteiger partial charge in [-0.25, -0.2) is 4.79 Å². The van der Waals surface area contributed by atoms with E-state index >= 15 is 0 Å². The van der Waals surface area contributed by atoms with Crippen molar-refractivity contribution in [1.29, 1.82) is 0 Å². The van der Waals surface area contributed by atoms with Crippen molar-refractivity contribution >= 4 is 21.9 Å². The van der Waals surface area contributed by atoms with Gasteiger partial charge in [0.05, 0.1) is 16.6 Å². The molecule has 1 aromatic rings. The van der Waals surface area contributed by atoms with Crippen LogP contribution in [0.1, 0.15) is 17.3 Å². The highest BCUT2D eigenvalue weighted by molar-refractivity contribution is 9.10. The summed E-state index contributed by atoms with van der Waals surface area (Å²) in [6, 6.07) is 4.74. The van der Waals surface area contributed by atoms with Crippen molar-refractivity contribution in [3.8, 4) is 5.75 Å². The van der Waals surface area contributed by atoms with E-state index in [2.05, 4.69) is 27.8 Å². The fraction of sp³-hybridized carbons (Fsp3) is 0.500. The summed E-state index contributed by atoms with van der Waals surface area (Å²) in [5.74, 6) is -0.435. The first kappa shape index (κ1) is 15.3. The number of benzene rings is 1. The topological polar surface area (TPSA) is 59.0 Å². The monoisotopic (exact) mass is 343 g/mol. The summed E-state index contributed by atoms with van der Waals surface area (Å²) in [7, 11) is 0. The summed E-state index contributed by atoms with van der Waals surface area (Å²) in [6.45, 7) is 6.03. The number of likely N-dealkylation sites (N-methyl/N-ethyl adjacent to an activating group) is 1. The smallest absolute Gasteiger partial charge is 0.335 e. The molecule has 1 saturated heterocycles. The Labute approximate surface area is 126 Å². The third kappa shape index (κ3) is 3.94. The largest absolute Gasteiger partial charge is 0.490 e. The van der Waals surface area contributed by atoms with Gasteiger partial charge in [0.2, 0.25) is 0 Å². The van der Waals surface area contributed by atoms with E-state index in [0.29, 0.717) is 19.0 Å². The number of nitrogens with zero attached hydrogens (tertiary/aromatic N) is 1. The molecule has 0 aliphatic carbocycles. The van der Waals surface area contributed by atoms with Crippen LogP contribution in [0.3, 0.4) is 0 Å². The average Bonchev–Trinajstić information content (AvgIpc) is 2.46. The molecule has 1 aliphatic heterocycles. The molecule has 6 heteroatoms. The van der Waals surface area contributed by atoms with E-state index in [4.69, 9.17) is 14.6 Å². The van der Waals surface area contributed by atoms with Crippen LogP contribution >= 0.6 is 15.9 Å². The van der Waals surface area contributed by atoms with Crippen molar-refractivity contribution in [1.82, 2.24) is 4.90 Å². The van der Waals surface area contributed by atoms with Gasteiger partial charge in [-0.3, -0.25) is 4.90 Å². The Morgan fingerprint density at radius 3 is 3.10 bits per heavy atom. The first-order valence-electron chi connectivity index (χ1n) is 6.59. The molecule has 0 aromatic heterocycles. The molecule has 1 atom stereocenters. The van der Waals surface area contributed by atoms with Crippen molar-refractivity contribution in [2.24, 2.45) is 0 Å². The predicted molar refractivity (Wildman–Crippen MR) is 78.5 cm³/mol. The van der Waals surface area contributed by atoms with E-state index in [1.54, 1.807) is 6.07 Å². The second-order valence-electron chi connectivity index (χ2n) is 4.65. The lowest BCUT2D eigenvalue weighted by molar-refractivity contribution is -0.0465. The molecule has 1 unspecified atom stereocenters. The van der Waals surface area contributed by atoms with Gasteiger partial charge in [0, 0.05) is 13.1 Å². The Kier molecular flexibility index (Phi) is 5.39. The van der Waals surface area contributed by atoms with E-state index < -0.39 is 5.97 Å². The minimum absolute atomic E-state index is 0.0177. The molecular formula is C14H18BrNO4. The van der Waals surface area contributed by atoms with Gasteiger partial charge >= 0.3 is 5.97 Å². The van der Waals surface area contributed by atoms with Crippen molar-refractivity contribution in [2.75, 3.05) is 32.8 Å². The fourth-order valence-corrected chi connectivity index (χ4v) is 2.46. The number of morpholine rings is 1. The second-order valence-corrected chi connectivity index (χ2v) is 5.50. The Bertz CT molecular complexity index is 480. The zero-order valence-electron chi connectivity index (χ0n) is 11.3. The van der Waals surface area contributed by atoms with Gasteiger partial charge in [-0.2, -0.15) is 0 Å². The number of halogens is 1. The lowest BCUT2D eigenvalue weighted by atomic mass is 10.2. The zero-order chi connectivity index (χ0) is 14.5. The lowest BCUT2D eigenvalue weighted by Gasteiger charge is -2.31. The van der Waals surface area contributed by atoms with E-state index in [9.17, 15) is 4.79 Å². The number of ether oxygens (including phenoxy) is 2. The third-order valence-electron chi connectivity index (χ3n) is 3.27. The summed E-state index contributed by atoms with van der Waals surface area (Å²) in [5.41, 5.74) is 0.211. The molecule has 0 radical (unpaired) electrons. The number of carbonyl (C=O) groups is 1. The van der Waals surface area contributed by atoms with Gasteiger partial charge < -0.3 is 14.6 Å². The SMILES string of the molecule is CCN1CCOC(COc2cc(C(=O)O)ccc2Br)C1. The summed E-state index contributed by atoms with van der Waals surface area (Å²) in [4.78, 5) is 13.3. The quantitative estimate of drug-likeness (QED) is 0.888. The zero-order valence-corrected chi connectivity index (χ0v) is 12.9. The maximum Gasteiger partial charge on any atom is 0.335 e. The summed E-state index contributed by atoms with van der Waals surface area (Å²) >= 11 is 3.36. The third-order valence-corrected chi connectivity index (χ3v) is 3.93. The maximum absolute atomic E-state index is 11.0. The van der Waals surface area contributed by atoms with E-state index in [1.807, 2.05) is 0 Å².